The van der Waals surface area contributed by atoms with Gasteiger partial charge in [-0.2, -0.15) is 0 Å². The van der Waals surface area contributed by atoms with Crippen LogP contribution in [0.2, 0.25) is 0 Å². The number of allylic oxidation sites excluding steroid dienone is 2. The summed E-state index contributed by atoms with van der Waals surface area (Å²) in [5, 5.41) is 3.52. The van der Waals surface area contributed by atoms with Gasteiger partial charge < -0.3 is 10.2 Å². The van der Waals surface area contributed by atoms with Crippen LogP contribution in [0.25, 0.3) is 11.3 Å². The monoisotopic (exact) mass is 425 g/mol. The first-order valence-electron chi connectivity index (χ1n) is 11.2. The first-order chi connectivity index (χ1) is 15.1. The molecular formula is C29H35N3. The number of aliphatic imine (C=N–C) groups is 1. The zero-order valence-corrected chi connectivity index (χ0v) is 20.6. The highest BCUT2D eigenvalue weighted by atomic mass is 15.2. The maximum absolute atomic E-state index is 4.61. The quantitative estimate of drug-likeness (QED) is 0.529. The van der Waals surface area contributed by atoms with Gasteiger partial charge >= 0.3 is 0 Å². The number of hydrogen-bond acceptors (Lipinski definition) is 3. The molecule has 0 amide bonds. The molecule has 0 saturated heterocycles. The minimum atomic E-state index is 0.751. The molecule has 0 aromatic heterocycles. The van der Waals surface area contributed by atoms with Crippen LogP contribution < -0.4 is 5.32 Å². The molecule has 166 valence electrons. The topological polar surface area (TPSA) is 27.6 Å². The van der Waals surface area contributed by atoms with Gasteiger partial charge in [0.15, 0.2) is 5.84 Å². The molecule has 1 aliphatic rings. The number of aryl methyl sites for hydroxylation is 3. The zero-order chi connectivity index (χ0) is 23.6. The van der Waals surface area contributed by atoms with Crippen LogP contribution in [0.3, 0.4) is 0 Å². The lowest BCUT2D eigenvalue weighted by molar-refractivity contribution is 0.680. The molecule has 32 heavy (non-hydrogen) atoms. The number of anilines is 1. The molecule has 0 saturated carbocycles. The number of nitrogens with zero attached hydrogens (tertiary/aromatic N) is 2. The third-order valence-electron chi connectivity index (χ3n) is 6.26. The van der Waals surface area contributed by atoms with E-state index in [1.54, 1.807) is 0 Å². The van der Waals surface area contributed by atoms with Crippen molar-refractivity contribution in [2.75, 3.05) is 5.32 Å². The fraction of sp³-hybridized carbons (Fsp3) is 0.276. The Kier molecular flexibility index (Phi) is 6.88. The summed E-state index contributed by atoms with van der Waals surface area (Å²) < 4.78 is 0. The van der Waals surface area contributed by atoms with E-state index in [-0.39, 0.29) is 0 Å². The van der Waals surface area contributed by atoms with Crippen LogP contribution in [-0.2, 0) is 0 Å². The molecule has 0 radical (unpaired) electrons. The molecule has 1 heterocycles. The van der Waals surface area contributed by atoms with Gasteiger partial charge in [-0.05, 0) is 93.5 Å². The molecule has 1 N–H and O–H groups in total. The van der Waals surface area contributed by atoms with Crippen molar-refractivity contribution in [2.24, 2.45) is 4.99 Å². The van der Waals surface area contributed by atoms with Crippen molar-refractivity contribution in [3.63, 3.8) is 0 Å². The predicted molar refractivity (Wildman–Crippen MR) is 141 cm³/mol. The number of hydrogen-bond donors (Lipinski definition) is 1. The lowest BCUT2D eigenvalue weighted by Crippen LogP contribution is -2.28. The molecule has 0 spiro atoms. The average molecular weight is 426 g/mol. The van der Waals surface area contributed by atoms with Gasteiger partial charge in [0.25, 0.3) is 0 Å². The van der Waals surface area contributed by atoms with E-state index < -0.39 is 0 Å². The molecule has 2 aromatic rings. The van der Waals surface area contributed by atoms with Crippen LogP contribution in [0.15, 0.2) is 66.6 Å². The fourth-order valence-electron chi connectivity index (χ4n) is 4.09. The first-order valence-corrected chi connectivity index (χ1v) is 11.2. The van der Waals surface area contributed by atoms with Gasteiger partial charge in [0.2, 0.25) is 0 Å². The largest absolute Gasteiger partial charge is 0.338 e. The second kappa shape index (κ2) is 9.44. The number of nitrogens with one attached hydrogen (secondary N) is 1. The minimum absolute atomic E-state index is 0.751. The molecule has 2 aromatic carbocycles. The molecule has 0 bridgehead atoms. The van der Waals surface area contributed by atoms with E-state index in [1.165, 1.54) is 33.4 Å². The molecule has 3 nitrogen and oxygen atoms in total. The van der Waals surface area contributed by atoms with Crippen LogP contribution in [0.5, 0.6) is 0 Å². The highest BCUT2D eigenvalue weighted by Crippen LogP contribution is 2.32. The van der Waals surface area contributed by atoms with E-state index in [0.29, 0.717) is 0 Å². The van der Waals surface area contributed by atoms with E-state index >= 15 is 0 Å². The third-order valence-corrected chi connectivity index (χ3v) is 6.26. The summed E-state index contributed by atoms with van der Waals surface area (Å²) in [4.78, 5) is 6.75. The van der Waals surface area contributed by atoms with E-state index in [0.717, 1.165) is 40.5 Å². The summed E-state index contributed by atoms with van der Waals surface area (Å²) in [6.07, 6.45) is 7.01. The number of rotatable bonds is 5. The highest BCUT2D eigenvalue weighted by molar-refractivity contribution is 6.09. The van der Waals surface area contributed by atoms with Gasteiger partial charge in [-0.25, -0.2) is 4.99 Å². The second-order valence-corrected chi connectivity index (χ2v) is 8.66. The number of benzene rings is 2. The van der Waals surface area contributed by atoms with E-state index in [2.05, 4.69) is 100 Å². The van der Waals surface area contributed by atoms with Crippen molar-refractivity contribution < 1.29 is 0 Å². The van der Waals surface area contributed by atoms with Crippen molar-refractivity contribution in [3.05, 3.63) is 101 Å². The molecule has 3 rings (SSSR count). The lowest BCUT2D eigenvalue weighted by atomic mass is 9.95. The van der Waals surface area contributed by atoms with E-state index in [1.807, 2.05) is 19.3 Å². The Morgan fingerprint density at radius 3 is 2.38 bits per heavy atom. The highest BCUT2D eigenvalue weighted by Gasteiger charge is 2.22. The van der Waals surface area contributed by atoms with Gasteiger partial charge in [0.1, 0.15) is 0 Å². The van der Waals surface area contributed by atoms with Crippen LogP contribution in [0.4, 0.5) is 5.69 Å². The maximum atomic E-state index is 4.61. The summed E-state index contributed by atoms with van der Waals surface area (Å²) in [6.45, 7) is 23.5. The molecule has 0 fully saturated rings. The Labute approximate surface area is 193 Å². The van der Waals surface area contributed by atoms with Crippen molar-refractivity contribution >= 4 is 22.8 Å². The third kappa shape index (κ3) is 4.47. The maximum Gasteiger partial charge on any atom is 0.154 e. The summed E-state index contributed by atoms with van der Waals surface area (Å²) in [6, 6.07) is 8.75. The lowest BCUT2D eigenvalue weighted by Gasteiger charge is -2.30. The Balaban J connectivity index is 1.96. The molecular weight excluding hydrogens is 390 g/mol. The van der Waals surface area contributed by atoms with Crippen LogP contribution >= 0.6 is 0 Å². The zero-order valence-electron chi connectivity index (χ0n) is 20.6. The first kappa shape index (κ1) is 23.3. The van der Waals surface area contributed by atoms with Crippen molar-refractivity contribution in [1.82, 2.24) is 4.90 Å². The van der Waals surface area contributed by atoms with Crippen LogP contribution in [0.1, 0.15) is 59.2 Å². The van der Waals surface area contributed by atoms with Crippen LogP contribution in [0, 0.1) is 34.6 Å². The Hall–Kier alpha value is -3.33. The SMILES string of the molecule is C=C(C)c1cc(C)c(NC2=NC=CN(/C(=C\CC)c3ccc(C)c(C)c3C)C2=C)cc1C. The standard InChI is InChI=1S/C29H35N3/c1-10-11-28(25-13-12-19(4)22(7)23(25)8)32-15-14-30-29(24(32)9)31-27-17-20(5)26(18(2)3)16-21(27)6/h11-17H,2,9-10H2,1,3-8H3,(H,30,31)/b28-11-. The van der Waals surface area contributed by atoms with Crippen molar-refractivity contribution in [3.8, 4) is 0 Å². The van der Waals surface area contributed by atoms with Gasteiger partial charge in [-0.1, -0.05) is 43.9 Å². The van der Waals surface area contributed by atoms with E-state index in [9.17, 15) is 0 Å². The molecule has 3 heteroatoms. The van der Waals surface area contributed by atoms with E-state index in [4.69, 9.17) is 0 Å². The minimum Gasteiger partial charge on any atom is -0.338 e. The normalized spacial score (nSPS) is 14.0. The smallest absolute Gasteiger partial charge is 0.154 e. The Bertz CT molecular complexity index is 1180. The van der Waals surface area contributed by atoms with Crippen molar-refractivity contribution in [2.45, 2.75) is 54.9 Å². The number of amidine groups is 1. The predicted octanol–water partition coefficient (Wildman–Crippen LogP) is 7.82. The summed E-state index contributed by atoms with van der Waals surface area (Å²) in [7, 11) is 0. The van der Waals surface area contributed by atoms with Gasteiger partial charge in [0, 0.05) is 29.3 Å². The fourth-order valence-corrected chi connectivity index (χ4v) is 4.09. The summed E-state index contributed by atoms with van der Waals surface area (Å²) in [5.41, 5.74) is 12.8. The molecule has 1 aliphatic heterocycles. The molecule has 0 aliphatic carbocycles. The van der Waals surface area contributed by atoms with Gasteiger partial charge in [0.05, 0.1) is 5.70 Å². The summed E-state index contributed by atoms with van der Waals surface area (Å²) >= 11 is 0. The van der Waals surface area contributed by atoms with Gasteiger partial charge in [-0.3, -0.25) is 0 Å². The average Bonchev–Trinajstić information content (AvgIpc) is 2.74. The second-order valence-electron chi connectivity index (χ2n) is 8.66. The molecule has 0 unspecified atom stereocenters. The van der Waals surface area contributed by atoms with Crippen LogP contribution in [-0.4, -0.2) is 10.7 Å². The van der Waals surface area contributed by atoms with Crippen molar-refractivity contribution in [1.29, 1.82) is 0 Å². The Morgan fingerprint density at radius 2 is 1.72 bits per heavy atom. The summed E-state index contributed by atoms with van der Waals surface area (Å²) in [5.74, 6) is 0.751. The molecule has 0 atom stereocenters. The van der Waals surface area contributed by atoms with Gasteiger partial charge in [-0.15, -0.1) is 0 Å². The Morgan fingerprint density at radius 1 is 1.00 bits per heavy atom.